The minimum Gasteiger partial charge on any atom is -0.491 e. The number of fused-ring (bicyclic) bond motifs is 1. The van der Waals surface area contributed by atoms with Crippen molar-refractivity contribution in [3.05, 3.63) is 29.3 Å². The molecule has 0 saturated carbocycles. The molecule has 0 bridgehead atoms. The quantitative estimate of drug-likeness (QED) is 0.572. The minimum atomic E-state index is -3.46. The van der Waals surface area contributed by atoms with E-state index < -0.39 is 9.05 Å². The first-order chi connectivity index (χ1) is 9.04. The van der Waals surface area contributed by atoms with E-state index in [-0.39, 0.29) is 12.4 Å². The van der Waals surface area contributed by atoms with Crippen LogP contribution in [0.4, 0.5) is 0 Å². The van der Waals surface area contributed by atoms with E-state index in [1.807, 2.05) is 6.07 Å². The fraction of sp³-hybridized carbons (Fsp3) is 0.538. The summed E-state index contributed by atoms with van der Waals surface area (Å²) in [6.07, 6.45) is 3.50. The van der Waals surface area contributed by atoms with Gasteiger partial charge in [0.15, 0.2) is 0 Å². The summed E-state index contributed by atoms with van der Waals surface area (Å²) in [5.74, 6) is 0.669. The Morgan fingerprint density at radius 1 is 1.11 bits per heavy atom. The van der Waals surface area contributed by atoms with Gasteiger partial charge in [0.2, 0.25) is 9.05 Å². The van der Waals surface area contributed by atoms with Crippen LogP contribution < -0.4 is 4.74 Å². The summed E-state index contributed by atoms with van der Waals surface area (Å²) in [5, 5.41) is 0. The van der Waals surface area contributed by atoms with Crippen LogP contribution in [0.15, 0.2) is 18.2 Å². The molecule has 0 atom stereocenters. The smallest absolute Gasteiger partial charge is 0.234 e. The number of aryl methyl sites for hydroxylation is 2. The Bertz CT molecular complexity index is 527. The van der Waals surface area contributed by atoms with Crippen molar-refractivity contribution in [2.45, 2.75) is 19.3 Å². The second-order valence-corrected chi connectivity index (χ2v) is 7.38. The normalized spacial score (nSPS) is 14.4. The van der Waals surface area contributed by atoms with Crippen LogP contribution in [0.3, 0.4) is 0 Å². The van der Waals surface area contributed by atoms with E-state index in [2.05, 4.69) is 12.1 Å². The molecule has 0 aromatic heterocycles. The molecule has 0 unspecified atom stereocenters. The van der Waals surface area contributed by atoms with Crippen LogP contribution in [0, 0.1) is 0 Å². The largest absolute Gasteiger partial charge is 0.491 e. The molecule has 0 heterocycles. The summed E-state index contributed by atoms with van der Waals surface area (Å²) in [6, 6.07) is 6.15. The second-order valence-electron chi connectivity index (χ2n) is 4.49. The van der Waals surface area contributed by atoms with Crippen molar-refractivity contribution in [1.82, 2.24) is 0 Å². The van der Waals surface area contributed by atoms with E-state index in [4.69, 9.17) is 20.2 Å². The van der Waals surface area contributed by atoms with Gasteiger partial charge < -0.3 is 9.47 Å². The topological polar surface area (TPSA) is 52.6 Å². The van der Waals surface area contributed by atoms with Crippen molar-refractivity contribution in [1.29, 1.82) is 0 Å². The third kappa shape index (κ3) is 5.01. The molecule has 0 radical (unpaired) electrons. The molecule has 1 aliphatic rings. The first-order valence-corrected chi connectivity index (χ1v) is 8.77. The highest BCUT2D eigenvalue weighted by molar-refractivity contribution is 8.13. The summed E-state index contributed by atoms with van der Waals surface area (Å²) in [7, 11) is 1.59. The van der Waals surface area contributed by atoms with Crippen LogP contribution in [-0.4, -0.2) is 34.0 Å². The van der Waals surface area contributed by atoms with Gasteiger partial charge >= 0.3 is 0 Å². The van der Waals surface area contributed by atoms with Gasteiger partial charge in [-0.1, -0.05) is 6.07 Å². The van der Waals surface area contributed by atoms with Gasteiger partial charge in [0.25, 0.3) is 0 Å². The molecule has 0 aliphatic heterocycles. The number of hydrogen-bond acceptors (Lipinski definition) is 4. The van der Waals surface area contributed by atoms with Crippen molar-refractivity contribution in [3.63, 3.8) is 0 Å². The highest BCUT2D eigenvalue weighted by Gasteiger charge is 2.11. The van der Waals surface area contributed by atoms with E-state index in [1.54, 1.807) is 0 Å². The first kappa shape index (κ1) is 14.6. The van der Waals surface area contributed by atoms with Gasteiger partial charge in [-0.05, 0) is 42.5 Å². The molecule has 2 rings (SSSR count). The van der Waals surface area contributed by atoms with Crippen molar-refractivity contribution >= 4 is 19.7 Å². The van der Waals surface area contributed by atoms with Crippen LogP contribution >= 0.6 is 10.7 Å². The maximum absolute atomic E-state index is 10.6. The molecule has 1 aromatic rings. The lowest BCUT2D eigenvalue weighted by Crippen LogP contribution is -2.12. The standard InChI is InChI=1S/C13H17ClO4S/c14-19(15,16)9-8-17-6-7-18-13-5-4-11-2-1-3-12(11)10-13/h4-5,10H,1-3,6-9H2. The van der Waals surface area contributed by atoms with E-state index in [0.717, 1.165) is 18.6 Å². The molecule has 4 nitrogen and oxygen atoms in total. The van der Waals surface area contributed by atoms with Crippen LogP contribution in [-0.2, 0) is 26.6 Å². The second kappa shape index (κ2) is 6.59. The van der Waals surface area contributed by atoms with Crippen molar-refractivity contribution < 1.29 is 17.9 Å². The molecule has 0 amide bonds. The van der Waals surface area contributed by atoms with Gasteiger partial charge in [0.1, 0.15) is 12.4 Å². The summed E-state index contributed by atoms with van der Waals surface area (Å²) in [6.45, 7) is 0.851. The van der Waals surface area contributed by atoms with Gasteiger partial charge in [0.05, 0.1) is 19.0 Å². The molecule has 19 heavy (non-hydrogen) atoms. The molecule has 106 valence electrons. The molecule has 0 N–H and O–H groups in total. The lowest BCUT2D eigenvalue weighted by Gasteiger charge is -2.08. The molecular formula is C13H17ClO4S. The third-order valence-corrected chi connectivity index (χ3v) is 4.16. The summed E-state index contributed by atoms with van der Waals surface area (Å²) < 4.78 is 32.0. The Labute approximate surface area is 118 Å². The van der Waals surface area contributed by atoms with Crippen molar-refractivity contribution in [2.24, 2.45) is 0 Å². The van der Waals surface area contributed by atoms with Crippen LogP contribution in [0.1, 0.15) is 17.5 Å². The lowest BCUT2D eigenvalue weighted by molar-refractivity contribution is 0.111. The molecule has 0 spiro atoms. The fourth-order valence-electron chi connectivity index (χ4n) is 2.12. The Morgan fingerprint density at radius 2 is 1.89 bits per heavy atom. The Morgan fingerprint density at radius 3 is 2.68 bits per heavy atom. The van der Waals surface area contributed by atoms with E-state index in [0.29, 0.717) is 13.2 Å². The maximum atomic E-state index is 10.6. The summed E-state index contributed by atoms with van der Waals surface area (Å²) >= 11 is 0. The molecule has 0 saturated heterocycles. The Balaban J connectivity index is 1.66. The zero-order valence-electron chi connectivity index (χ0n) is 10.6. The maximum Gasteiger partial charge on any atom is 0.234 e. The number of benzene rings is 1. The molecule has 6 heteroatoms. The van der Waals surface area contributed by atoms with Crippen LogP contribution in [0.5, 0.6) is 5.75 Å². The van der Waals surface area contributed by atoms with Gasteiger partial charge in [-0.15, -0.1) is 0 Å². The number of rotatable bonds is 7. The van der Waals surface area contributed by atoms with Gasteiger partial charge in [-0.2, -0.15) is 0 Å². The first-order valence-electron chi connectivity index (χ1n) is 6.29. The average Bonchev–Trinajstić information content (AvgIpc) is 2.79. The lowest BCUT2D eigenvalue weighted by atomic mass is 10.1. The molecule has 1 aliphatic carbocycles. The highest BCUT2D eigenvalue weighted by atomic mass is 35.7. The summed E-state index contributed by atoms with van der Waals surface area (Å²) in [4.78, 5) is 0. The van der Waals surface area contributed by atoms with E-state index >= 15 is 0 Å². The average molecular weight is 305 g/mol. The molecular weight excluding hydrogens is 288 g/mol. The number of hydrogen-bond donors (Lipinski definition) is 0. The monoisotopic (exact) mass is 304 g/mol. The SMILES string of the molecule is O=S(=O)(Cl)CCOCCOc1ccc2c(c1)CCC2. The number of ether oxygens (including phenoxy) is 2. The van der Waals surface area contributed by atoms with E-state index in [1.165, 1.54) is 17.5 Å². The predicted octanol–water partition coefficient (Wildman–Crippen LogP) is 2.14. The summed E-state index contributed by atoms with van der Waals surface area (Å²) in [5.41, 5.74) is 2.78. The Kier molecular flexibility index (Phi) is 5.07. The molecule has 1 aromatic carbocycles. The predicted molar refractivity (Wildman–Crippen MR) is 74.4 cm³/mol. The zero-order chi connectivity index (χ0) is 13.7. The van der Waals surface area contributed by atoms with Crippen molar-refractivity contribution in [3.8, 4) is 5.75 Å². The number of halogens is 1. The van der Waals surface area contributed by atoms with Gasteiger partial charge in [-0.3, -0.25) is 0 Å². The minimum absolute atomic E-state index is 0.0966. The van der Waals surface area contributed by atoms with Gasteiger partial charge in [-0.25, -0.2) is 8.42 Å². The highest BCUT2D eigenvalue weighted by Crippen LogP contribution is 2.25. The van der Waals surface area contributed by atoms with Crippen LogP contribution in [0.2, 0.25) is 0 Å². The van der Waals surface area contributed by atoms with Gasteiger partial charge in [0, 0.05) is 10.7 Å². The van der Waals surface area contributed by atoms with Crippen LogP contribution in [0.25, 0.3) is 0 Å². The van der Waals surface area contributed by atoms with Crippen molar-refractivity contribution in [2.75, 3.05) is 25.6 Å². The fourth-order valence-corrected chi connectivity index (χ4v) is 2.62. The Hall–Kier alpha value is -0.780. The molecule has 0 fully saturated rings. The van der Waals surface area contributed by atoms with E-state index in [9.17, 15) is 8.42 Å². The zero-order valence-corrected chi connectivity index (χ0v) is 12.2. The third-order valence-electron chi connectivity index (χ3n) is 3.04.